The van der Waals surface area contributed by atoms with E-state index in [2.05, 4.69) is 34.1 Å². The molecule has 6 heteroatoms. The Kier molecular flexibility index (Phi) is 4.81. The van der Waals surface area contributed by atoms with Crippen molar-refractivity contribution in [2.24, 2.45) is 0 Å². The molecule has 1 aliphatic rings. The number of hydrogen-bond acceptors (Lipinski definition) is 4. The molecular weight excluding hydrogens is 332 g/mol. The minimum absolute atomic E-state index is 0.187. The largest absolute Gasteiger partial charge is 0.341 e. The van der Waals surface area contributed by atoms with Crippen LogP contribution in [0.15, 0.2) is 48.1 Å². The Hall–Kier alpha value is -2.18. The van der Waals surface area contributed by atoms with Crippen molar-refractivity contribution in [1.29, 1.82) is 0 Å². The van der Waals surface area contributed by atoms with E-state index >= 15 is 0 Å². The van der Waals surface area contributed by atoms with Crippen LogP contribution in [0.4, 0.5) is 0 Å². The van der Waals surface area contributed by atoms with E-state index in [0.29, 0.717) is 6.42 Å². The van der Waals surface area contributed by atoms with Gasteiger partial charge in [-0.1, -0.05) is 30.3 Å². The molecular formula is C19H22N4OS. The lowest BCUT2D eigenvalue weighted by molar-refractivity contribution is -0.130. The number of carbonyl (C=O) groups is 1. The predicted octanol–water partition coefficient (Wildman–Crippen LogP) is 2.67. The van der Waals surface area contributed by atoms with Crippen LogP contribution in [0.25, 0.3) is 4.96 Å². The summed E-state index contributed by atoms with van der Waals surface area (Å²) in [6, 6.07) is 10.5. The summed E-state index contributed by atoms with van der Waals surface area (Å²) in [4.78, 5) is 22.6. The highest BCUT2D eigenvalue weighted by atomic mass is 32.1. The van der Waals surface area contributed by atoms with Crippen LogP contribution in [-0.2, 0) is 17.8 Å². The molecule has 0 spiro atoms. The molecule has 3 aromatic rings. The average Bonchev–Trinajstić information content (AvgIpc) is 3.11. The van der Waals surface area contributed by atoms with Gasteiger partial charge in [0.2, 0.25) is 5.91 Å². The van der Waals surface area contributed by atoms with E-state index in [1.165, 1.54) is 5.56 Å². The van der Waals surface area contributed by atoms with E-state index in [4.69, 9.17) is 0 Å². The fourth-order valence-electron chi connectivity index (χ4n) is 3.35. The molecule has 0 radical (unpaired) electrons. The Balaban J connectivity index is 1.33. The molecule has 0 saturated carbocycles. The smallest absolute Gasteiger partial charge is 0.228 e. The molecule has 5 nitrogen and oxygen atoms in total. The van der Waals surface area contributed by atoms with Crippen molar-refractivity contribution in [1.82, 2.24) is 19.2 Å². The molecule has 2 aromatic heterocycles. The molecule has 1 aromatic carbocycles. The summed E-state index contributed by atoms with van der Waals surface area (Å²) in [5.74, 6) is 0.187. The van der Waals surface area contributed by atoms with Gasteiger partial charge in [0.1, 0.15) is 0 Å². The molecule has 0 aliphatic carbocycles. The van der Waals surface area contributed by atoms with Gasteiger partial charge in [0, 0.05) is 50.5 Å². The third-order valence-corrected chi connectivity index (χ3v) is 5.44. The quantitative estimate of drug-likeness (QED) is 0.723. The first-order chi connectivity index (χ1) is 12.3. The van der Waals surface area contributed by atoms with Crippen molar-refractivity contribution in [3.63, 3.8) is 0 Å². The minimum atomic E-state index is 0.187. The molecule has 4 rings (SSSR count). The average molecular weight is 354 g/mol. The number of hydrogen-bond donors (Lipinski definition) is 0. The lowest BCUT2D eigenvalue weighted by atomic mass is 10.2. The van der Waals surface area contributed by atoms with Crippen LogP contribution >= 0.6 is 11.3 Å². The van der Waals surface area contributed by atoms with Crippen LogP contribution in [0.2, 0.25) is 0 Å². The zero-order valence-corrected chi connectivity index (χ0v) is 15.0. The van der Waals surface area contributed by atoms with Gasteiger partial charge in [0.25, 0.3) is 0 Å². The van der Waals surface area contributed by atoms with Gasteiger partial charge in [-0.05, 0) is 12.0 Å². The number of nitrogens with zero attached hydrogens (tertiary/aromatic N) is 4. The summed E-state index contributed by atoms with van der Waals surface area (Å²) < 4.78 is 1.98. The van der Waals surface area contributed by atoms with Crippen molar-refractivity contribution in [3.05, 3.63) is 59.4 Å². The number of aromatic nitrogens is 2. The van der Waals surface area contributed by atoms with Gasteiger partial charge in [0.15, 0.2) is 4.96 Å². The zero-order valence-electron chi connectivity index (χ0n) is 14.2. The van der Waals surface area contributed by atoms with Crippen LogP contribution < -0.4 is 0 Å². The SMILES string of the molecule is O=C(Cc1cn2ccsc2n1)N1CCCN(Cc2ccccc2)CC1. The van der Waals surface area contributed by atoms with Gasteiger partial charge >= 0.3 is 0 Å². The maximum Gasteiger partial charge on any atom is 0.228 e. The first-order valence-corrected chi connectivity index (χ1v) is 9.61. The van der Waals surface area contributed by atoms with Gasteiger partial charge in [0.05, 0.1) is 12.1 Å². The highest BCUT2D eigenvalue weighted by Gasteiger charge is 2.20. The van der Waals surface area contributed by atoms with Crippen LogP contribution in [0.3, 0.4) is 0 Å². The van der Waals surface area contributed by atoms with Gasteiger partial charge in [-0.3, -0.25) is 14.1 Å². The van der Waals surface area contributed by atoms with Gasteiger partial charge < -0.3 is 4.90 Å². The predicted molar refractivity (Wildman–Crippen MR) is 99.7 cm³/mol. The van der Waals surface area contributed by atoms with E-state index in [1.54, 1.807) is 11.3 Å². The molecule has 1 saturated heterocycles. The fraction of sp³-hybridized carbons (Fsp3) is 0.368. The van der Waals surface area contributed by atoms with E-state index < -0.39 is 0 Å². The Morgan fingerprint density at radius 2 is 2.00 bits per heavy atom. The maximum absolute atomic E-state index is 12.6. The zero-order chi connectivity index (χ0) is 17.1. The Labute approximate surface area is 151 Å². The van der Waals surface area contributed by atoms with Crippen molar-refractivity contribution >= 4 is 22.2 Å². The molecule has 0 atom stereocenters. The van der Waals surface area contributed by atoms with Crippen LogP contribution in [0.1, 0.15) is 17.7 Å². The monoisotopic (exact) mass is 354 g/mol. The van der Waals surface area contributed by atoms with Crippen LogP contribution in [-0.4, -0.2) is 51.3 Å². The number of imidazole rings is 1. The van der Waals surface area contributed by atoms with E-state index in [0.717, 1.165) is 49.8 Å². The summed E-state index contributed by atoms with van der Waals surface area (Å²) in [7, 11) is 0. The van der Waals surface area contributed by atoms with Crippen LogP contribution in [0, 0.1) is 0 Å². The van der Waals surface area contributed by atoms with Crippen molar-refractivity contribution in [2.75, 3.05) is 26.2 Å². The number of amides is 1. The van der Waals surface area contributed by atoms with E-state index in [1.807, 2.05) is 33.1 Å². The summed E-state index contributed by atoms with van der Waals surface area (Å²) in [6.07, 6.45) is 5.36. The normalized spacial score (nSPS) is 16.2. The lowest BCUT2D eigenvalue weighted by Gasteiger charge is -2.22. The Morgan fingerprint density at radius 3 is 2.84 bits per heavy atom. The Bertz CT molecular complexity index is 813. The fourth-order valence-corrected chi connectivity index (χ4v) is 4.07. The second kappa shape index (κ2) is 7.37. The van der Waals surface area contributed by atoms with E-state index in [9.17, 15) is 4.79 Å². The van der Waals surface area contributed by atoms with Gasteiger partial charge in [-0.2, -0.15) is 0 Å². The lowest BCUT2D eigenvalue weighted by Crippen LogP contribution is -2.36. The molecule has 3 heterocycles. The topological polar surface area (TPSA) is 40.9 Å². The van der Waals surface area contributed by atoms with Crippen molar-refractivity contribution < 1.29 is 4.79 Å². The number of benzene rings is 1. The number of fused-ring (bicyclic) bond motifs is 1. The first kappa shape index (κ1) is 16.3. The summed E-state index contributed by atoms with van der Waals surface area (Å²) in [5, 5.41) is 2.00. The number of carbonyl (C=O) groups excluding carboxylic acids is 1. The molecule has 1 aliphatic heterocycles. The van der Waals surface area contributed by atoms with E-state index in [-0.39, 0.29) is 5.91 Å². The highest BCUT2D eigenvalue weighted by molar-refractivity contribution is 7.15. The third kappa shape index (κ3) is 3.91. The maximum atomic E-state index is 12.6. The van der Waals surface area contributed by atoms with Crippen molar-refractivity contribution in [3.8, 4) is 0 Å². The molecule has 25 heavy (non-hydrogen) atoms. The van der Waals surface area contributed by atoms with Gasteiger partial charge in [-0.25, -0.2) is 4.98 Å². The van der Waals surface area contributed by atoms with Crippen molar-refractivity contribution in [2.45, 2.75) is 19.4 Å². The second-order valence-electron chi connectivity index (χ2n) is 6.50. The Morgan fingerprint density at radius 1 is 1.12 bits per heavy atom. The van der Waals surface area contributed by atoms with Crippen LogP contribution in [0.5, 0.6) is 0 Å². The minimum Gasteiger partial charge on any atom is -0.341 e. The number of thiazole rings is 1. The molecule has 0 N–H and O–H groups in total. The summed E-state index contributed by atoms with van der Waals surface area (Å²) in [5.41, 5.74) is 2.20. The summed E-state index contributed by atoms with van der Waals surface area (Å²) >= 11 is 1.60. The molecule has 0 unspecified atom stereocenters. The first-order valence-electron chi connectivity index (χ1n) is 8.73. The molecule has 1 fully saturated rings. The molecule has 0 bridgehead atoms. The third-order valence-electron chi connectivity index (χ3n) is 4.67. The molecule has 1 amide bonds. The van der Waals surface area contributed by atoms with Gasteiger partial charge in [-0.15, -0.1) is 11.3 Å². The number of rotatable bonds is 4. The molecule has 130 valence electrons. The standard InChI is InChI=1S/C19H22N4OS/c24-18(13-17-15-23-11-12-25-19(23)20-17)22-8-4-7-21(9-10-22)14-16-5-2-1-3-6-16/h1-3,5-6,11-12,15H,4,7-10,13-14H2. The summed E-state index contributed by atoms with van der Waals surface area (Å²) in [6.45, 7) is 4.57. The second-order valence-corrected chi connectivity index (χ2v) is 7.37. The highest BCUT2D eigenvalue weighted by Crippen LogP contribution is 2.14.